The van der Waals surface area contributed by atoms with Gasteiger partial charge in [0.05, 0.1) is 18.6 Å². The van der Waals surface area contributed by atoms with E-state index in [-0.39, 0.29) is 11.7 Å². The van der Waals surface area contributed by atoms with Crippen LogP contribution >= 0.6 is 23.4 Å². The fourth-order valence-corrected chi connectivity index (χ4v) is 3.82. The summed E-state index contributed by atoms with van der Waals surface area (Å²) in [4.78, 5) is 12.2. The van der Waals surface area contributed by atoms with Gasteiger partial charge in [0.25, 0.3) is 5.91 Å². The highest BCUT2D eigenvalue weighted by Gasteiger charge is 2.15. The number of ether oxygens (including phenoxy) is 1. The largest absolute Gasteiger partial charge is 0.497 e. The summed E-state index contributed by atoms with van der Waals surface area (Å²) in [6, 6.07) is 15.0. The van der Waals surface area contributed by atoms with E-state index in [0.29, 0.717) is 22.4 Å². The Morgan fingerprint density at radius 2 is 1.93 bits per heavy atom. The van der Waals surface area contributed by atoms with Crippen LogP contribution in [0.15, 0.2) is 58.8 Å². The van der Waals surface area contributed by atoms with Crippen molar-refractivity contribution < 1.29 is 9.53 Å². The predicted molar refractivity (Wildman–Crippen MR) is 120 cm³/mol. The quantitative estimate of drug-likeness (QED) is 0.319. The van der Waals surface area contributed by atoms with Crippen molar-refractivity contribution in [1.82, 2.24) is 20.2 Å². The van der Waals surface area contributed by atoms with Crippen LogP contribution < -0.4 is 10.2 Å². The summed E-state index contributed by atoms with van der Waals surface area (Å²) in [5.41, 5.74) is 4.91. The van der Waals surface area contributed by atoms with E-state index in [1.165, 1.54) is 11.8 Å². The average Bonchev–Trinajstić information content (AvgIpc) is 3.19. The molecule has 7 nitrogen and oxygen atoms in total. The highest BCUT2D eigenvalue weighted by atomic mass is 35.5. The van der Waals surface area contributed by atoms with Gasteiger partial charge in [-0.25, -0.2) is 5.43 Å². The van der Waals surface area contributed by atoms with Gasteiger partial charge in [-0.1, -0.05) is 41.6 Å². The maximum atomic E-state index is 12.2. The number of nitrogens with one attached hydrogen (secondary N) is 1. The van der Waals surface area contributed by atoms with Crippen LogP contribution in [0, 0.1) is 0 Å². The van der Waals surface area contributed by atoms with Gasteiger partial charge in [-0.05, 0) is 44.2 Å². The van der Waals surface area contributed by atoms with Gasteiger partial charge in [0, 0.05) is 22.7 Å². The molecule has 0 aliphatic heterocycles. The van der Waals surface area contributed by atoms with Crippen LogP contribution in [0.4, 0.5) is 0 Å². The van der Waals surface area contributed by atoms with Gasteiger partial charge in [-0.3, -0.25) is 4.79 Å². The number of hydrazone groups is 1. The number of thioether (sulfide) groups is 1. The number of nitrogens with zero attached hydrogens (tertiary/aromatic N) is 4. The van der Waals surface area contributed by atoms with E-state index in [0.717, 1.165) is 22.7 Å². The number of benzene rings is 2. The number of carbonyl (C=O) groups excluding carboxylic acids is 1. The molecule has 0 spiro atoms. The zero-order valence-electron chi connectivity index (χ0n) is 16.9. The molecule has 156 valence electrons. The molecule has 1 heterocycles. The van der Waals surface area contributed by atoms with Gasteiger partial charge < -0.3 is 9.30 Å². The van der Waals surface area contributed by atoms with Crippen molar-refractivity contribution in [2.75, 3.05) is 12.9 Å². The molecule has 0 radical (unpaired) electrons. The predicted octanol–water partition coefficient (Wildman–Crippen LogP) is 4.26. The molecule has 30 heavy (non-hydrogen) atoms. The van der Waals surface area contributed by atoms with E-state index in [1.807, 2.05) is 54.0 Å². The molecule has 0 bridgehead atoms. The molecule has 0 unspecified atom stereocenters. The van der Waals surface area contributed by atoms with E-state index in [1.54, 1.807) is 20.1 Å². The Bertz CT molecular complexity index is 1050. The molecule has 0 aliphatic carbocycles. The third kappa shape index (κ3) is 5.20. The van der Waals surface area contributed by atoms with Crippen molar-refractivity contribution in [2.45, 2.75) is 25.5 Å². The second-order valence-corrected chi connectivity index (χ2v) is 7.63. The topological polar surface area (TPSA) is 81.4 Å². The lowest BCUT2D eigenvalue weighted by Gasteiger charge is -2.08. The minimum atomic E-state index is -0.233. The molecule has 0 saturated carbocycles. The first-order valence-electron chi connectivity index (χ1n) is 9.32. The van der Waals surface area contributed by atoms with Crippen LogP contribution in [0.3, 0.4) is 0 Å². The van der Waals surface area contributed by atoms with E-state index in [4.69, 9.17) is 16.3 Å². The number of hydrogen-bond acceptors (Lipinski definition) is 6. The second kappa shape index (κ2) is 10.3. The van der Waals surface area contributed by atoms with Crippen LogP contribution in [0.5, 0.6) is 5.75 Å². The first kappa shape index (κ1) is 21.9. The van der Waals surface area contributed by atoms with Crippen molar-refractivity contribution in [2.24, 2.45) is 5.10 Å². The third-order valence-electron chi connectivity index (χ3n) is 4.33. The van der Waals surface area contributed by atoms with Crippen molar-refractivity contribution in [3.8, 4) is 17.1 Å². The number of carbonyl (C=O) groups is 1. The highest BCUT2D eigenvalue weighted by molar-refractivity contribution is 7.99. The van der Waals surface area contributed by atoms with E-state index in [9.17, 15) is 4.79 Å². The fourth-order valence-electron chi connectivity index (χ4n) is 2.76. The Labute approximate surface area is 184 Å². The smallest absolute Gasteiger partial charge is 0.250 e. The van der Waals surface area contributed by atoms with Crippen LogP contribution in [-0.2, 0) is 11.3 Å². The summed E-state index contributed by atoms with van der Waals surface area (Å²) < 4.78 is 7.17. The second-order valence-electron chi connectivity index (χ2n) is 6.28. The maximum absolute atomic E-state index is 12.2. The first-order chi connectivity index (χ1) is 14.5. The molecule has 0 atom stereocenters. The molecule has 3 aromatic rings. The highest BCUT2D eigenvalue weighted by Crippen LogP contribution is 2.25. The van der Waals surface area contributed by atoms with Gasteiger partial charge in [0.2, 0.25) is 0 Å². The molecule has 3 rings (SSSR count). The van der Waals surface area contributed by atoms with Gasteiger partial charge >= 0.3 is 0 Å². The number of rotatable bonds is 8. The number of methoxy groups -OCH3 is 1. The molecular formula is C21H22ClN5O2S. The summed E-state index contributed by atoms with van der Waals surface area (Å²) in [5.74, 6) is 1.46. The lowest BCUT2D eigenvalue weighted by Crippen LogP contribution is -2.21. The number of halogens is 1. The average molecular weight is 444 g/mol. The van der Waals surface area contributed by atoms with E-state index in [2.05, 4.69) is 20.7 Å². The SMILES string of the molecule is CCn1c(SCC(=O)N/N=C(\C)c2ccccc2Cl)nnc1-c1ccc(OC)cc1. The Balaban J connectivity index is 1.64. The third-order valence-corrected chi connectivity index (χ3v) is 5.62. The summed E-state index contributed by atoms with van der Waals surface area (Å²) in [6.45, 7) is 4.49. The maximum Gasteiger partial charge on any atom is 0.250 e. The number of aromatic nitrogens is 3. The summed E-state index contributed by atoms with van der Waals surface area (Å²) in [5, 5.41) is 13.9. The van der Waals surface area contributed by atoms with Gasteiger partial charge in [0.15, 0.2) is 11.0 Å². The molecule has 0 aliphatic rings. The van der Waals surface area contributed by atoms with Crippen LogP contribution in [-0.4, -0.2) is 39.2 Å². The lowest BCUT2D eigenvalue weighted by atomic mass is 10.1. The zero-order chi connectivity index (χ0) is 21.5. The fraction of sp³-hybridized carbons (Fsp3) is 0.238. The Kier molecular flexibility index (Phi) is 7.48. The standard InChI is InChI=1S/C21H22ClN5O2S/c1-4-27-20(15-9-11-16(29-3)12-10-15)25-26-21(27)30-13-19(28)24-23-14(2)17-7-5-6-8-18(17)22/h5-12H,4,13H2,1-3H3,(H,24,28)/b23-14+. The Hall–Kier alpha value is -2.84. The monoisotopic (exact) mass is 443 g/mol. The Morgan fingerprint density at radius 3 is 2.60 bits per heavy atom. The van der Waals surface area contributed by atoms with Crippen LogP contribution in [0.25, 0.3) is 11.4 Å². The van der Waals surface area contributed by atoms with Crippen molar-refractivity contribution >= 4 is 35.0 Å². The summed E-state index contributed by atoms with van der Waals surface area (Å²) in [7, 11) is 1.63. The summed E-state index contributed by atoms with van der Waals surface area (Å²) in [6.07, 6.45) is 0. The molecule has 1 aromatic heterocycles. The van der Waals surface area contributed by atoms with Gasteiger partial charge in [-0.2, -0.15) is 5.10 Å². The first-order valence-corrected chi connectivity index (χ1v) is 10.7. The molecule has 2 aromatic carbocycles. The molecule has 1 N–H and O–H groups in total. The van der Waals surface area contributed by atoms with E-state index >= 15 is 0 Å². The van der Waals surface area contributed by atoms with Gasteiger partial charge in [-0.15, -0.1) is 10.2 Å². The molecule has 9 heteroatoms. The van der Waals surface area contributed by atoms with Crippen molar-refractivity contribution in [1.29, 1.82) is 0 Å². The molecule has 0 fully saturated rings. The number of hydrogen-bond donors (Lipinski definition) is 1. The molecule has 0 saturated heterocycles. The summed E-state index contributed by atoms with van der Waals surface area (Å²) >= 11 is 7.47. The molecule has 1 amide bonds. The Morgan fingerprint density at radius 1 is 1.20 bits per heavy atom. The lowest BCUT2D eigenvalue weighted by molar-refractivity contribution is -0.118. The van der Waals surface area contributed by atoms with Crippen molar-refractivity contribution in [3.05, 3.63) is 59.1 Å². The zero-order valence-corrected chi connectivity index (χ0v) is 18.5. The van der Waals surface area contributed by atoms with E-state index < -0.39 is 0 Å². The minimum absolute atomic E-state index is 0.167. The van der Waals surface area contributed by atoms with Crippen molar-refractivity contribution in [3.63, 3.8) is 0 Å². The number of amides is 1. The van der Waals surface area contributed by atoms with Crippen LogP contribution in [0.1, 0.15) is 19.4 Å². The minimum Gasteiger partial charge on any atom is -0.497 e. The molecular weight excluding hydrogens is 422 g/mol. The van der Waals surface area contributed by atoms with Crippen LogP contribution in [0.2, 0.25) is 5.02 Å². The normalized spacial score (nSPS) is 11.4. The van der Waals surface area contributed by atoms with Gasteiger partial charge in [0.1, 0.15) is 5.75 Å².